The summed E-state index contributed by atoms with van der Waals surface area (Å²) in [5.41, 5.74) is 0.457. The molecule has 0 radical (unpaired) electrons. The smallest absolute Gasteiger partial charge is 0.410 e. The van der Waals surface area contributed by atoms with Gasteiger partial charge < -0.3 is 14.9 Å². The Morgan fingerprint density at radius 1 is 1.30 bits per heavy atom. The first kappa shape index (κ1) is 16.7. The van der Waals surface area contributed by atoms with Crippen molar-refractivity contribution in [3.05, 3.63) is 39.9 Å². The molecular weight excluding hydrogens is 308 g/mol. The molecule has 9 heteroatoms. The highest BCUT2D eigenvalue weighted by Gasteiger charge is 2.36. The zero-order valence-electron chi connectivity index (χ0n) is 12.1. The number of hydrogen-bond acceptors (Lipinski definition) is 6. The van der Waals surface area contributed by atoms with Crippen LogP contribution < -0.4 is 0 Å². The first-order valence-corrected chi connectivity index (χ1v) is 6.96. The number of carbonyl (C=O) groups is 2. The van der Waals surface area contributed by atoms with E-state index in [1.165, 1.54) is 24.3 Å². The number of aliphatic hydroxyl groups is 1. The fourth-order valence-electron chi connectivity index (χ4n) is 2.35. The van der Waals surface area contributed by atoms with Crippen LogP contribution in [0.1, 0.15) is 18.4 Å². The number of non-ortho nitro benzene ring substituents is 1. The minimum Gasteiger partial charge on any atom is -0.480 e. The van der Waals surface area contributed by atoms with E-state index in [-0.39, 0.29) is 25.3 Å². The molecule has 1 aliphatic rings. The minimum absolute atomic E-state index is 0.0785. The van der Waals surface area contributed by atoms with Crippen LogP contribution >= 0.6 is 0 Å². The molecular formula is C14H16N2O7. The number of amides is 1. The molecule has 0 aromatic heterocycles. The highest BCUT2D eigenvalue weighted by atomic mass is 16.6. The number of nitrogens with zero attached hydrogens (tertiary/aromatic N) is 2. The van der Waals surface area contributed by atoms with Crippen molar-refractivity contribution in [2.24, 2.45) is 0 Å². The van der Waals surface area contributed by atoms with Crippen molar-refractivity contribution in [1.29, 1.82) is 0 Å². The van der Waals surface area contributed by atoms with Gasteiger partial charge in [0.25, 0.3) is 5.69 Å². The molecule has 0 aliphatic carbocycles. The number of carboxylic acids is 1. The summed E-state index contributed by atoms with van der Waals surface area (Å²) < 4.78 is 5.04. The second-order valence-electron chi connectivity index (χ2n) is 5.22. The van der Waals surface area contributed by atoms with Crippen LogP contribution in [0.4, 0.5) is 10.5 Å². The largest absolute Gasteiger partial charge is 0.480 e. The summed E-state index contributed by atoms with van der Waals surface area (Å²) in [6.07, 6.45) is -1.15. The van der Waals surface area contributed by atoms with Gasteiger partial charge in [-0.15, -0.1) is 0 Å². The van der Waals surface area contributed by atoms with Gasteiger partial charge in [-0.2, -0.15) is 0 Å². The molecule has 2 unspecified atom stereocenters. The van der Waals surface area contributed by atoms with Gasteiger partial charge in [-0.05, 0) is 30.5 Å². The van der Waals surface area contributed by atoms with Crippen molar-refractivity contribution in [1.82, 2.24) is 4.90 Å². The number of hydrogen-bond donors (Lipinski definition) is 2. The number of carboxylic acid groups (broad SMARTS) is 1. The maximum absolute atomic E-state index is 12.0. The number of ether oxygens (including phenoxy) is 1. The van der Waals surface area contributed by atoms with Crippen LogP contribution in [0.15, 0.2) is 24.3 Å². The number of carbonyl (C=O) groups excluding carboxylic acids is 1. The van der Waals surface area contributed by atoms with E-state index in [0.717, 1.165) is 4.90 Å². The zero-order valence-corrected chi connectivity index (χ0v) is 12.1. The van der Waals surface area contributed by atoms with E-state index in [1.807, 2.05) is 0 Å². The number of nitro benzene ring substituents is 1. The second kappa shape index (κ2) is 7.05. The molecule has 2 N–H and O–H groups in total. The number of aliphatic hydroxyl groups excluding tert-OH is 1. The van der Waals surface area contributed by atoms with Gasteiger partial charge in [-0.25, -0.2) is 9.59 Å². The molecule has 0 saturated carbocycles. The molecule has 9 nitrogen and oxygen atoms in total. The Morgan fingerprint density at radius 2 is 1.96 bits per heavy atom. The minimum atomic E-state index is -1.15. The van der Waals surface area contributed by atoms with Crippen LogP contribution in [0, 0.1) is 10.1 Å². The van der Waals surface area contributed by atoms with E-state index >= 15 is 0 Å². The molecule has 124 valence electrons. The number of piperidine rings is 1. The summed E-state index contributed by atoms with van der Waals surface area (Å²) in [6.45, 7) is -0.244. The van der Waals surface area contributed by atoms with E-state index in [2.05, 4.69) is 0 Å². The first-order chi connectivity index (χ1) is 10.9. The summed E-state index contributed by atoms with van der Waals surface area (Å²) in [7, 11) is 0. The second-order valence-corrected chi connectivity index (χ2v) is 5.22. The molecule has 1 saturated heterocycles. The fourth-order valence-corrected chi connectivity index (χ4v) is 2.35. The van der Waals surface area contributed by atoms with Crippen LogP contribution in [0.5, 0.6) is 0 Å². The lowest BCUT2D eigenvalue weighted by Crippen LogP contribution is -2.52. The molecule has 1 aliphatic heterocycles. The molecule has 23 heavy (non-hydrogen) atoms. The molecule has 1 aromatic carbocycles. The molecule has 1 amide bonds. The summed E-state index contributed by atoms with van der Waals surface area (Å²) >= 11 is 0. The monoisotopic (exact) mass is 324 g/mol. The SMILES string of the molecule is O=C(O)C1CCC(O)CN1C(=O)OCc1ccc([N+](=O)[O-])cc1. The maximum atomic E-state index is 12.0. The van der Waals surface area contributed by atoms with Gasteiger partial charge in [0.2, 0.25) is 0 Å². The number of β-amino-alcohol motifs (C(OH)–C–C–N with tert-alkyl or cyclic N) is 1. The third-order valence-electron chi connectivity index (χ3n) is 3.59. The lowest BCUT2D eigenvalue weighted by atomic mass is 10.0. The average molecular weight is 324 g/mol. The number of nitro groups is 1. The molecule has 1 fully saturated rings. The zero-order chi connectivity index (χ0) is 17.0. The van der Waals surface area contributed by atoms with E-state index in [9.17, 15) is 24.8 Å². The lowest BCUT2D eigenvalue weighted by molar-refractivity contribution is -0.384. The van der Waals surface area contributed by atoms with Gasteiger partial charge in [0.15, 0.2) is 0 Å². The van der Waals surface area contributed by atoms with E-state index in [1.54, 1.807) is 0 Å². The predicted molar refractivity (Wildman–Crippen MR) is 76.7 cm³/mol. The summed E-state index contributed by atoms with van der Waals surface area (Å²) in [5.74, 6) is -1.15. The number of likely N-dealkylation sites (tertiary alicyclic amines) is 1. The Balaban J connectivity index is 1.97. The third-order valence-corrected chi connectivity index (χ3v) is 3.59. The highest BCUT2D eigenvalue weighted by Crippen LogP contribution is 2.19. The summed E-state index contributed by atoms with van der Waals surface area (Å²) in [4.78, 5) is 34.2. The van der Waals surface area contributed by atoms with Crippen LogP contribution in [-0.4, -0.2) is 50.8 Å². The Bertz CT molecular complexity index is 602. The van der Waals surface area contributed by atoms with Crippen molar-refractivity contribution in [3.63, 3.8) is 0 Å². The number of rotatable bonds is 4. The van der Waals surface area contributed by atoms with Gasteiger partial charge in [-0.1, -0.05) is 0 Å². The Morgan fingerprint density at radius 3 is 2.52 bits per heavy atom. The van der Waals surface area contributed by atoms with E-state index < -0.39 is 29.1 Å². The van der Waals surface area contributed by atoms with Crippen molar-refractivity contribution < 1.29 is 29.5 Å². The summed E-state index contributed by atoms with van der Waals surface area (Å²) in [6, 6.07) is 4.45. The lowest BCUT2D eigenvalue weighted by Gasteiger charge is -2.34. The van der Waals surface area contributed by atoms with Gasteiger partial charge >= 0.3 is 12.1 Å². The average Bonchev–Trinajstić information content (AvgIpc) is 2.52. The quantitative estimate of drug-likeness (QED) is 0.627. The maximum Gasteiger partial charge on any atom is 0.410 e. The molecule has 1 aromatic rings. The van der Waals surface area contributed by atoms with Gasteiger partial charge in [-0.3, -0.25) is 15.0 Å². The van der Waals surface area contributed by atoms with E-state index in [4.69, 9.17) is 9.84 Å². The van der Waals surface area contributed by atoms with Crippen molar-refractivity contribution in [2.45, 2.75) is 31.6 Å². The van der Waals surface area contributed by atoms with Crippen LogP contribution in [0.2, 0.25) is 0 Å². The standard InChI is InChI=1S/C14H16N2O7/c17-11-5-6-12(13(18)19)15(7-11)14(20)23-8-9-1-3-10(4-2-9)16(21)22/h1-4,11-12,17H,5-8H2,(H,18,19). The summed E-state index contributed by atoms with van der Waals surface area (Å²) in [5, 5.41) is 29.3. The van der Waals surface area contributed by atoms with Crippen molar-refractivity contribution in [3.8, 4) is 0 Å². The van der Waals surface area contributed by atoms with Crippen molar-refractivity contribution >= 4 is 17.7 Å². The Kier molecular flexibility index (Phi) is 5.12. The van der Waals surface area contributed by atoms with Crippen LogP contribution in [0.3, 0.4) is 0 Å². The number of benzene rings is 1. The Labute approximate surface area is 131 Å². The first-order valence-electron chi connectivity index (χ1n) is 6.96. The van der Waals surface area contributed by atoms with Gasteiger partial charge in [0.05, 0.1) is 17.6 Å². The molecule has 2 rings (SSSR count). The van der Waals surface area contributed by atoms with Crippen molar-refractivity contribution in [2.75, 3.05) is 6.54 Å². The normalized spacial score (nSPS) is 20.8. The predicted octanol–water partition coefficient (Wildman–Crippen LogP) is 1.14. The highest BCUT2D eigenvalue weighted by molar-refractivity contribution is 5.80. The molecule has 2 atom stereocenters. The molecule has 1 heterocycles. The molecule has 0 spiro atoms. The van der Waals surface area contributed by atoms with Gasteiger partial charge in [0.1, 0.15) is 12.6 Å². The molecule has 0 bridgehead atoms. The number of aliphatic carboxylic acids is 1. The van der Waals surface area contributed by atoms with E-state index in [0.29, 0.717) is 12.0 Å². The van der Waals surface area contributed by atoms with Crippen LogP contribution in [0.25, 0.3) is 0 Å². The van der Waals surface area contributed by atoms with Gasteiger partial charge in [0, 0.05) is 12.1 Å². The topological polar surface area (TPSA) is 130 Å². The Hall–Kier alpha value is -2.68. The third kappa shape index (κ3) is 4.16. The van der Waals surface area contributed by atoms with Crippen LogP contribution in [-0.2, 0) is 16.1 Å². The fraction of sp³-hybridized carbons (Fsp3) is 0.429.